The van der Waals surface area contributed by atoms with E-state index in [0.717, 1.165) is 10.6 Å². The average Bonchev–Trinajstić information content (AvgIpc) is 3.20. The molecule has 13 heteroatoms. The Labute approximate surface area is 189 Å². The smallest absolute Gasteiger partial charge is 0.337 e. The highest BCUT2D eigenvalue weighted by Crippen LogP contribution is 2.68. The van der Waals surface area contributed by atoms with Crippen LogP contribution in [0.3, 0.4) is 0 Å². The van der Waals surface area contributed by atoms with E-state index in [0.29, 0.717) is 17.0 Å². The summed E-state index contributed by atoms with van der Waals surface area (Å²) in [6, 6.07) is 9.32. The second kappa shape index (κ2) is 7.21. The van der Waals surface area contributed by atoms with Crippen LogP contribution in [-0.2, 0) is 23.8 Å². The van der Waals surface area contributed by atoms with Crippen molar-refractivity contribution in [3.05, 3.63) is 70.6 Å². The number of benzene rings is 1. The minimum Gasteiger partial charge on any atom is -0.337 e. The van der Waals surface area contributed by atoms with Crippen molar-refractivity contribution in [3.8, 4) is 0 Å². The molecule has 4 heterocycles. The quantitative estimate of drug-likeness (QED) is 0.434. The molecule has 1 saturated carbocycles. The first kappa shape index (κ1) is 21.0. The van der Waals surface area contributed by atoms with Crippen LogP contribution >= 0.6 is 0 Å². The fourth-order valence-corrected chi connectivity index (χ4v) is 5.23. The summed E-state index contributed by atoms with van der Waals surface area (Å²) in [5, 5.41) is 5.05. The molecule has 1 aliphatic heterocycles. The summed E-state index contributed by atoms with van der Waals surface area (Å²) in [5.74, 6) is 0.211. The van der Waals surface area contributed by atoms with Crippen molar-refractivity contribution in [2.24, 2.45) is 13.0 Å². The van der Waals surface area contributed by atoms with Crippen LogP contribution < -0.4 is 5.56 Å². The number of aryl methyl sites for hydroxylation is 1. The number of alkyl halides is 3. The van der Waals surface area contributed by atoms with Gasteiger partial charge in [0.15, 0.2) is 17.0 Å². The summed E-state index contributed by atoms with van der Waals surface area (Å²) in [4.78, 5) is 29.7. The van der Waals surface area contributed by atoms with Crippen LogP contribution in [-0.4, -0.2) is 53.8 Å². The predicted octanol–water partition coefficient (Wildman–Crippen LogP) is 1.98. The Bertz CT molecular complexity index is 1430. The van der Waals surface area contributed by atoms with E-state index in [-0.39, 0.29) is 42.9 Å². The van der Waals surface area contributed by atoms with Crippen molar-refractivity contribution in [2.45, 2.75) is 24.2 Å². The third kappa shape index (κ3) is 3.22. The molecule has 0 bridgehead atoms. The van der Waals surface area contributed by atoms with Crippen LogP contribution in [0.25, 0.3) is 11.2 Å². The van der Waals surface area contributed by atoms with Crippen LogP contribution in [0.4, 0.5) is 13.2 Å². The molecule has 10 nitrogen and oxygen atoms in total. The zero-order valence-electron chi connectivity index (χ0n) is 17.8. The maximum atomic E-state index is 12.8. The molecule has 1 saturated heterocycles. The van der Waals surface area contributed by atoms with Crippen LogP contribution in [0.5, 0.6) is 0 Å². The van der Waals surface area contributed by atoms with E-state index in [9.17, 15) is 18.0 Å². The topological polar surface area (TPSA) is 104 Å². The van der Waals surface area contributed by atoms with Crippen molar-refractivity contribution < 1.29 is 22.5 Å². The van der Waals surface area contributed by atoms with Gasteiger partial charge in [0.05, 0.1) is 6.33 Å². The van der Waals surface area contributed by atoms with Crippen LogP contribution in [0.15, 0.2) is 52.3 Å². The van der Waals surface area contributed by atoms with Crippen molar-refractivity contribution in [1.29, 1.82) is 0 Å². The molecule has 1 aromatic carbocycles. The van der Waals surface area contributed by atoms with Crippen molar-refractivity contribution >= 4 is 11.2 Å². The molecule has 34 heavy (non-hydrogen) atoms. The van der Waals surface area contributed by atoms with Crippen LogP contribution in [0, 0.1) is 5.92 Å². The lowest BCUT2D eigenvalue weighted by molar-refractivity contribution is -0.412. The van der Waals surface area contributed by atoms with E-state index < -0.39 is 11.8 Å². The number of imidazole rings is 1. The highest BCUT2D eigenvalue weighted by Gasteiger charge is 2.72. The lowest BCUT2D eigenvalue weighted by Gasteiger charge is -2.23. The van der Waals surface area contributed by atoms with Gasteiger partial charge in [0.1, 0.15) is 12.9 Å². The highest BCUT2D eigenvalue weighted by atomic mass is 19.4. The maximum Gasteiger partial charge on any atom is 0.539 e. The van der Waals surface area contributed by atoms with Gasteiger partial charge in [-0.2, -0.15) is 10.0 Å². The van der Waals surface area contributed by atoms with E-state index in [1.54, 1.807) is 11.6 Å². The Kier molecular flexibility index (Phi) is 4.45. The van der Waals surface area contributed by atoms with E-state index in [1.807, 2.05) is 30.3 Å². The monoisotopic (exact) mass is 473 g/mol. The second-order valence-electron chi connectivity index (χ2n) is 8.60. The molecular weight excluding hydrogens is 455 g/mol. The number of hydrogen-bond donors (Lipinski definition) is 0. The molecule has 6 rings (SSSR count). The Balaban J connectivity index is 1.28. The molecule has 4 aromatic rings. The summed E-state index contributed by atoms with van der Waals surface area (Å²) in [7, 11) is 1.70. The van der Waals surface area contributed by atoms with E-state index >= 15 is 0 Å². The zero-order chi connectivity index (χ0) is 23.7. The minimum absolute atomic E-state index is 0.0129. The summed E-state index contributed by atoms with van der Waals surface area (Å²) in [6.07, 6.45) is -1.88. The molecule has 0 unspecified atom stereocenters. The van der Waals surface area contributed by atoms with Crippen LogP contribution in [0.1, 0.15) is 23.2 Å². The number of fused-ring (bicyclic) bond motifs is 2. The number of piperidine rings is 1. The summed E-state index contributed by atoms with van der Waals surface area (Å²) >= 11 is 0. The first-order valence-corrected chi connectivity index (χ1v) is 10.5. The van der Waals surface area contributed by atoms with Gasteiger partial charge < -0.3 is 9.09 Å². The third-order valence-corrected chi connectivity index (χ3v) is 6.66. The SMILES string of the molecule is Cn1cnc2ncn(Cc3nc([C@@H]4[C@@H]5CN(OC(F)(F)F)C[C@@]45c4ccccc4)no3)c(=O)c21. The molecule has 176 valence electrons. The zero-order valence-corrected chi connectivity index (χ0v) is 17.8. The van der Waals surface area contributed by atoms with Crippen LogP contribution in [0.2, 0.25) is 0 Å². The van der Waals surface area contributed by atoms with Crippen molar-refractivity contribution in [1.82, 2.24) is 34.3 Å². The Morgan fingerprint density at radius 3 is 2.74 bits per heavy atom. The Morgan fingerprint density at radius 2 is 1.97 bits per heavy atom. The molecule has 3 atom stereocenters. The van der Waals surface area contributed by atoms with Gasteiger partial charge in [0, 0.05) is 31.5 Å². The number of halogens is 3. The summed E-state index contributed by atoms with van der Waals surface area (Å²) in [5.41, 5.74) is 0.683. The van der Waals surface area contributed by atoms with Gasteiger partial charge in [-0.05, 0) is 11.5 Å². The standard InChI is InChI=1S/C21H18F3N7O3/c1-29-10-25-18-16(29)19(32)30(11-26-18)8-14-27-17(28-33-14)15-13-7-31(34-21(22,23)24)9-20(13,15)12-5-3-2-4-6-12/h2-6,10-11,13,15H,7-9H2,1H3/t13-,15-,20-/m0/s1. The first-order chi connectivity index (χ1) is 16.3. The van der Waals surface area contributed by atoms with E-state index in [4.69, 9.17) is 4.52 Å². The van der Waals surface area contributed by atoms with Gasteiger partial charge in [0.25, 0.3) is 5.56 Å². The predicted molar refractivity (Wildman–Crippen MR) is 109 cm³/mol. The fourth-order valence-electron chi connectivity index (χ4n) is 5.23. The lowest BCUT2D eigenvalue weighted by Crippen LogP contribution is -2.34. The number of hydroxylamine groups is 2. The van der Waals surface area contributed by atoms with Crippen molar-refractivity contribution in [2.75, 3.05) is 13.1 Å². The van der Waals surface area contributed by atoms with Gasteiger partial charge in [-0.3, -0.25) is 9.36 Å². The molecular formula is C21H18F3N7O3. The highest BCUT2D eigenvalue weighted by molar-refractivity contribution is 5.68. The second-order valence-corrected chi connectivity index (χ2v) is 8.60. The average molecular weight is 473 g/mol. The van der Waals surface area contributed by atoms with Gasteiger partial charge in [-0.1, -0.05) is 35.5 Å². The Hall–Kier alpha value is -3.58. The van der Waals surface area contributed by atoms with Gasteiger partial charge in [-0.15, -0.1) is 13.2 Å². The molecule has 2 aliphatic rings. The maximum absolute atomic E-state index is 12.8. The number of nitrogens with zero attached hydrogens (tertiary/aromatic N) is 7. The van der Waals surface area contributed by atoms with E-state index in [2.05, 4.69) is 24.9 Å². The molecule has 3 aromatic heterocycles. The molecule has 0 amide bonds. The van der Waals surface area contributed by atoms with E-state index in [1.165, 1.54) is 17.2 Å². The number of rotatable bonds is 5. The molecule has 2 fully saturated rings. The fraction of sp³-hybridized carbons (Fsp3) is 0.381. The molecule has 0 N–H and O–H groups in total. The number of hydrogen-bond acceptors (Lipinski definition) is 8. The first-order valence-electron chi connectivity index (χ1n) is 10.5. The number of aromatic nitrogens is 6. The van der Waals surface area contributed by atoms with Gasteiger partial charge >= 0.3 is 6.36 Å². The third-order valence-electron chi connectivity index (χ3n) is 6.66. The van der Waals surface area contributed by atoms with Gasteiger partial charge in [-0.25, -0.2) is 14.8 Å². The normalized spacial score (nSPS) is 24.6. The lowest BCUT2D eigenvalue weighted by atomic mass is 9.93. The molecule has 0 radical (unpaired) electrons. The largest absolute Gasteiger partial charge is 0.539 e. The molecule has 1 aliphatic carbocycles. The summed E-state index contributed by atoms with van der Waals surface area (Å²) < 4.78 is 46.7. The molecule has 0 spiro atoms. The van der Waals surface area contributed by atoms with Gasteiger partial charge in [0.2, 0.25) is 5.89 Å². The minimum atomic E-state index is -4.75. The Morgan fingerprint density at radius 1 is 1.21 bits per heavy atom. The summed E-state index contributed by atoms with van der Waals surface area (Å²) in [6.45, 7) is 0.152. The van der Waals surface area contributed by atoms with Crippen molar-refractivity contribution in [3.63, 3.8) is 0 Å².